The third-order valence-electron chi connectivity index (χ3n) is 3.86. The van der Waals surface area contributed by atoms with E-state index in [0.29, 0.717) is 22.6 Å². The number of anilines is 1. The minimum Gasteiger partial charge on any atom is -0.390 e. The van der Waals surface area contributed by atoms with Crippen LogP contribution in [0.3, 0.4) is 0 Å². The minimum atomic E-state index is -0.321. The summed E-state index contributed by atoms with van der Waals surface area (Å²) < 4.78 is 19.7. The second kappa shape index (κ2) is 6.70. The van der Waals surface area contributed by atoms with Gasteiger partial charge in [-0.2, -0.15) is 0 Å². The Kier molecular flexibility index (Phi) is 4.47. The molecule has 0 amide bonds. The van der Waals surface area contributed by atoms with Crippen LogP contribution in [-0.2, 0) is 11.3 Å². The number of rotatable bonds is 5. The third kappa shape index (κ3) is 3.14. The first-order valence-electron chi connectivity index (χ1n) is 7.30. The molecule has 2 heterocycles. The van der Waals surface area contributed by atoms with E-state index in [4.69, 9.17) is 10.5 Å². The van der Waals surface area contributed by atoms with Crippen LogP contribution < -0.4 is 10.6 Å². The molecule has 7 heteroatoms. The van der Waals surface area contributed by atoms with Crippen LogP contribution in [0, 0.1) is 5.82 Å². The molecule has 1 aliphatic rings. The van der Waals surface area contributed by atoms with Gasteiger partial charge in [0.25, 0.3) is 0 Å². The van der Waals surface area contributed by atoms with E-state index in [1.54, 1.807) is 37.7 Å². The smallest absolute Gasteiger partial charge is 0.225 e. The molecule has 0 radical (unpaired) electrons. The largest absolute Gasteiger partial charge is 0.390 e. The van der Waals surface area contributed by atoms with E-state index in [0.717, 1.165) is 13.1 Å². The fourth-order valence-corrected chi connectivity index (χ4v) is 2.45. The third-order valence-corrected chi connectivity index (χ3v) is 3.86. The van der Waals surface area contributed by atoms with E-state index in [1.807, 2.05) is 4.90 Å². The number of halogens is 1. The highest BCUT2D eigenvalue weighted by Gasteiger charge is 2.28. The number of hydrogen-bond acceptors (Lipinski definition) is 5. The second-order valence-electron chi connectivity index (χ2n) is 5.30. The Morgan fingerprint density at radius 3 is 2.78 bits per heavy atom. The molecule has 0 atom stereocenters. The number of benzene rings is 1. The summed E-state index contributed by atoms with van der Waals surface area (Å²) in [6, 6.07) is 5.17. The van der Waals surface area contributed by atoms with Crippen LogP contribution >= 0.6 is 0 Å². The molecular formula is C16H18FN5O. The average Bonchev–Trinajstić information content (AvgIpc) is 2.54. The molecule has 0 bridgehead atoms. The van der Waals surface area contributed by atoms with Gasteiger partial charge in [-0.15, -0.1) is 0 Å². The molecule has 1 aromatic carbocycles. The molecule has 3 rings (SSSR count). The second-order valence-corrected chi connectivity index (χ2v) is 5.30. The van der Waals surface area contributed by atoms with E-state index in [9.17, 15) is 4.39 Å². The minimum absolute atomic E-state index is 0.210. The molecule has 2 N–H and O–H groups in total. The van der Waals surface area contributed by atoms with E-state index in [-0.39, 0.29) is 18.5 Å². The summed E-state index contributed by atoms with van der Waals surface area (Å²) in [6.45, 7) is 1.76. The molecule has 23 heavy (non-hydrogen) atoms. The molecule has 1 saturated heterocycles. The number of nitrogens with two attached hydrogens (primary N) is 1. The van der Waals surface area contributed by atoms with Gasteiger partial charge in [-0.05, 0) is 0 Å². The van der Waals surface area contributed by atoms with Crippen molar-refractivity contribution in [1.82, 2.24) is 9.97 Å². The SMILES string of the molecule is COC1CN(c2ncc(-c3cccc(CN=CN)c3F)cn2)C1. The van der Waals surface area contributed by atoms with Crippen molar-refractivity contribution >= 4 is 12.3 Å². The summed E-state index contributed by atoms with van der Waals surface area (Å²) in [5.74, 6) is 0.309. The van der Waals surface area contributed by atoms with Crippen LogP contribution in [0.5, 0.6) is 0 Å². The monoisotopic (exact) mass is 315 g/mol. The maximum Gasteiger partial charge on any atom is 0.225 e. The lowest BCUT2D eigenvalue weighted by molar-refractivity contribution is 0.0778. The van der Waals surface area contributed by atoms with Crippen molar-refractivity contribution in [3.05, 3.63) is 42.0 Å². The number of ether oxygens (including phenoxy) is 1. The van der Waals surface area contributed by atoms with E-state index < -0.39 is 0 Å². The lowest BCUT2D eigenvalue weighted by atomic mass is 10.0. The molecule has 6 nitrogen and oxygen atoms in total. The number of nitrogens with zero attached hydrogens (tertiary/aromatic N) is 4. The lowest BCUT2D eigenvalue weighted by Gasteiger charge is -2.37. The topological polar surface area (TPSA) is 76.6 Å². The van der Waals surface area contributed by atoms with Gasteiger partial charge in [-0.1, -0.05) is 18.2 Å². The Morgan fingerprint density at radius 2 is 2.13 bits per heavy atom. The van der Waals surface area contributed by atoms with Gasteiger partial charge in [0.1, 0.15) is 5.82 Å². The van der Waals surface area contributed by atoms with Crippen LogP contribution in [-0.4, -0.2) is 42.6 Å². The van der Waals surface area contributed by atoms with E-state index in [2.05, 4.69) is 15.0 Å². The number of hydrogen-bond donors (Lipinski definition) is 1. The van der Waals surface area contributed by atoms with Crippen LogP contribution in [0.15, 0.2) is 35.6 Å². The quantitative estimate of drug-likeness (QED) is 0.670. The maximum absolute atomic E-state index is 14.5. The number of aromatic nitrogens is 2. The Labute approximate surface area is 133 Å². The zero-order valence-electron chi connectivity index (χ0n) is 12.8. The zero-order valence-corrected chi connectivity index (χ0v) is 12.8. The standard InChI is InChI=1S/C16H18FN5O/c1-23-13-8-22(9-13)16-20-6-12(7-21-16)14-4-2-3-11(15(14)17)5-19-10-18/h2-4,6-7,10,13H,5,8-9H2,1H3,(H2,18,19). The van der Waals surface area contributed by atoms with Crippen LogP contribution in [0.25, 0.3) is 11.1 Å². The molecule has 0 spiro atoms. The molecule has 0 saturated carbocycles. The van der Waals surface area contributed by atoms with Gasteiger partial charge in [0.2, 0.25) is 5.95 Å². The average molecular weight is 315 g/mol. The highest BCUT2D eigenvalue weighted by molar-refractivity contribution is 5.64. The number of methoxy groups -OCH3 is 1. The molecule has 1 aromatic heterocycles. The van der Waals surface area contributed by atoms with Crippen molar-refractivity contribution in [3.8, 4) is 11.1 Å². The number of aliphatic imine (C=N–C) groups is 1. The predicted octanol–water partition coefficient (Wildman–Crippen LogP) is 1.60. The van der Waals surface area contributed by atoms with Crippen molar-refractivity contribution in [1.29, 1.82) is 0 Å². The summed E-state index contributed by atoms with van der Waals surface area (Å²) >= 11 is 0. The maximum atomic E-state index is 14.5. The van der Waals surface area contributed by atoms with Crippen molar-refractivity contribution < 1.29 is 9.13 Å². The van der Waals surface area contributed by atoms with Crippen molar-refractivity contribution in [2.45, 2.75) is 12.6 Å². The van der Waals surface area contributed by atoms with Crippen LogP contribution in [0.2, 0.25) is 0 Å². The summed E-state index contributed by atoms with van der Waals surface area (Å²) in [7, 11) is 1.69. The normalized spacial score (nSPS) is 15.1. The molecule has 1 fully saturated rings. The first-order valence-corrected chi connectivity index (χ1v) is 7.30. The van der Waals surface area contributed by atoms with Crippen molar-refractivity contribution in [2.24, 2.45) is 10.7 Å². The Balaban J connectivity index is 1.80. The molecule has 0 aliphatic carbocycles. The van der Waals surface area contributed by atoms with Gasteiger partial charge in [0, 0.05) is 49.3 Å². The Morgan fingerprint density at radius 1 is 1.39 bits per heavy atom. The fourth-order valence-electron chi connectivity index (χ4n) is 2.45. The van der Waals surface area contributed by atoms with Gasteiger partial charge < -0.3 is 15.4 Å². The summed E-state index contributed by atoms with van der Waals surface area (Å²) in [6.07, 6.45) is 4.67. The predicted molar refractivity (Wildman–Crippen MR) is 86.8 cm³/mol. The first-order chi connectivity index (χ1) is 11.2. The van der Waals surface area contributed by atoms with Crippen LogP contribution in [0.4, 0.5) is 10.3 Å². The molecule has 2 aromatic rings. The summed E-state index contributed by atoms with van der Waals surface area (Å²) in [4.78, 5) is 14.5. The highest BCUT2D eigenvalue weighted by atomic mass is 19.1. The van der Waals surface area contributed by atoms with Crippen molar-refractivity contribution in [2.75, 3.05) is 25.1 Å². The summed E-state index contributed by atoms with van der Waals surface area (Å²) in [5, 5.41) is 0. The molecule has 0 unspecified atom stereocenters. The van der Waals surface area contributed by atoms with E-state index >= 15 is 0 Å². The van der Waals surface area contributed by atoms with Crippen LogP contribution in [0.1, 0.15) is 5.56 Å². The fraction of sp³-hybridized carbons (Fsp3) is 0.312. The van der Waals surface area contributed by atoms with Gasteiger partial charge in [-0.3, -0.25) is 4.99 Å². The van der Waals surface area contributed by atoms with E-state index in [1.165, 1.54) is 6.34 Å². The Hall–Kier alpha value is -2.54. The van der Waals surface area contributed by atoms with Gasteiger partial charge in [-0.25, -0.2) is 14.4 Å². The molecular weight excluding hydrogens is 297 g/mol. The van der Waals surface area contributed by atoms with Gasteiger partial charge in [0.15, 0.2) is 0 Å². The highest BCUT2D eigenvalue weighted by Crippen LogP contribution is 2.26. The molecule has 120 valence electrons. The van der Waals surface area contributed by atoms with Crippen molar-refractivity contribution in [3.63, 3.8) is 0 Å². The Bertz CT molecular complexity index is 698. The first kappa shape index (κ1) is 15.4. The summed E-state index contributed by atoms with van der Waals surface area (Å²) in [5.41, 5.74) is 6.79. The van der Waals surface area contributed by atoms with Gasteiger partial charge in [0.05, 0.1) is 19.0 Å². The molecule has 1 aliphatic heterocycles. The zero-order chi connectivity index (χ0) is 16.2. The van der Waals surface area contributed by atoms with Gasteiger partial charge >= 0.3 is 0 Å². The lowest BCUT2D eigenvalue weighted by Crippen LogP contribution is -2.52.